The molecule has 1 rings (SSSR count). The van der Waals surface area contributed by atoms with Crippen molar-refractivity contribution >= 4 is 33.4 Å². The number of hydrogen-bond acceptors (Lipinski definition) is 5. The molecule has 0 saturated carbocycles. The highest BCUT2D eigenvalue weighted by atomic mass is 32.2. The second-order valence-corrected chi connectivity index (χ2v) is 6.15. The Morgan fingerprint density at radius 1 is 1.14 bits per heavy atom. The number of benzene rings is 1. The summed E-state index contributed by atoms with van der Waals surface area (Å²) in [4.78, 5) is 22.7. The predicted octanol–water partition coefficient (Wildman–Crippen LogP) is 1.13. The molecule has 3 N–H and O–H groups in total. The minimum absolute atomic E-state index is 0.0994. The fourth-order valence-electron chi connectivity index (χ4n) is 1.52. The summed E-state index contributed by atoms with van der Waals surface area (Å²) in [5.74, 6) is -0.277. The van der Waals surface area contributed by atoms with Gasteiger partial charge in [-0.3, -0.25) is 9.52 Å². The van der Waals surface area contributed by atoms with Crippen molar-refractivity contribution in [3.05, 3.63) is 24.3 Å². The fraction of sp³-hybridized carbons (Fsp3) is 0.385. The molecule has 0 spiro atoms. The number of rotatable bonds is 7. The first kappa shape index (κ1) is 17.8. The molecule has 1 aromatic carbocycles. The normalized spacial score (nSPS) is 10.6. The predicted molar refractivity (Wildman–Crippen MR) is 83.2 cm³/mol. The van der Waals surface area contributed by atoms with E-state index in [9.17, 15) is 18.0 Å². The zero-order chi connectivity index (χ0) is 16.6. The Hall–Kier alpha value is -2.29. The molecule has 0 radical (unpaired) electrons. The first-order valence-electron chi connectivity index (χ1n) is 6.58. The molecule has 2 amide bonds. The lowest BCUT2D eigenvalue weighted by atomic mass is 10.3. The number of ether oxygens (including phenoxy) is 1. The molecule has 0 aliphatic carbocycles. The summed E-state index contributed by atoms with van der Waals surface area (Å²) in [6.07, 6.45) is 0.591. The maximum absolute atomic E-state index is 11.7. The molecular formula is C13H19N3O5S. The average Bonchev–Trinajstić information content (AvgIpc) is 2.39. The summed E-state index contributed by atoms with van der Waals surface area (Å²) in [5, 5.41) is 5.07. The van der Waals surface area contributed by atoms with Gasteiger partial charge in [-0.2, -0.15) is 0 Å². The summed E-state index contributed by atoms with van der Waals surface area (Å²) in [5.41, 5.74) is 0.935. The molecular weight excluding hydrogens is 310 g/mol. The van der Waals surface area contributed by atoms with Crippen LogP contribution >= 0.6 is 0 Å². The quantitative estimate of drug-likeness (QED) is 0.694. The number of nitrogens with one attached hydrogen (secondary N) is 3. The Labute approximate surface area is 129 Å². The van der Waals surface area contributed by atoms with Crippen LogP contribution in [0, 0.1) is 0 Å². The lowest BCUT2D eigenvalue weighted by Crippen LogP contribution is -2.28. The lowest BCUT2D eigenvalue weighted by Gasteiger charge is -2.08. The summed E-state index contributed by atoms with van der Waals surface area (Å²) >= 11 is 0. The first-order chi connectivity index (χ1) is 10.3. The number of sulfonamides is 1. The van der Waals surface area contributed by atoms with Crippen molar-refractivity contribution < 1.29 is 22.7 Å². The van der Waals surface area contributed by atoms with Crippen LogP contribution in [0.5, 0.6) is 0 Å². The highest BCUT2D eigenvalue weighted by Gasteiger charge is 2.06. The van der Waals surface area contributed by atoms with Gasteiger partial charge in [-0.1, -0.05) is 0 Å². The minimum atomic E-state index is -3.33. The highest BCUT2D eigenvalue weighted by molar-refractivity contribution is 7.92. The van der Waals surface area contributed by atoms with E-state index >= 15 is 0 Å². The Morgan fingerprint density at radius 2 is 1.73 bits per heavy atom. The number of alkyl carbamates (subject to hydrolysis) is 1. The van der Waals surface area contributed by atoms with Crippen LogP contribution in [0.2, 0.25) is 0 Å². The van der Waals surface area contributed by atoms with Crippen molar-refractivity contribution in [1.82, 2.24) is 5.32 Å². The third kappa shape index (κ3) is 7.48. The van der Waals surface area contributed by atoms with Crippen LogP contribution < -0.4 is 15.4 Å². The van der Waals surface area contributed by atoms with Gasteiger partial charge in [-0.15, -0.1) is 0 Å². The summed E-state index contributed by atoms with van der Waals surface area (Å²) in [6.45, 7) is 2.12. The van der Waals surface area contributed by atoms with Gasteiger partial charge in [0.2, 0.25) is 15.9 Å². The van der Waals surface area contributed by atoms with Crippen LogP contribution in [-0.2, 0) is 19.6 Å². The lowest BCUT2D eigenvalue weighted by molar-refractivity contribution is -0.116. The van der Waals surface area contributed by atoms with Crippen molar-refractivity contribution in [3.63, 3.8) is 0 Å². The van der Waals surface area contributed by atoms with Crippen LogP contribution in [0.25, 0.3) is 0 Å². The van der Waals surface area contributed by atoms with E-state index in [1.807, 2.05) is 0 Å². The van der Waals surface area contributed by atoms with Crippen LogP contribution in [0.4, 0.5) is 16.2 Å². The molecule has 0 bridgehead atoms. The van der Waals surface area contributed by atoms with E-state index in [1.54, 1.807) is 19.1 Å². The average molecular weight is 329 g/mol. The molecule has 122 valence electrons. The van der Waals surface area contributed by atoms with E-state index < -0.39 is 16.1 Å². The Kier molecular flexibility index (Phi) is 6.64. The third-order valence-corrected chi connectivity index (χ3v) is 2.98. The zero-order valence-corrected chi connectivity index (χ0v) is 13.2. The molecule has 0 heterocycles. The van der Waals surface area contributed by atoms with Gasteiger partial charge in [0.25, 0.3) is 0 Å². The Bertz CT molecular complexity index is 613. The summed E-state index contributed by atoms with van der Waals surface area (Å²) in [7, 11) is -3.33. The maximum atomic E-state index is 11.7. The molecule has 0 saturated heterocycles. The van der Waals surface area contributed by atoms with Crippen molar-refractivity contribution in [1.29, 1.82) is 0 Å². The molecule has 1 aromatic rings. The van der Waals surface area contributed by atoms with Crippen LogP contribution in [0.1, 0.15) is 13.3 Å². The Balaban J connectivity index is 2.40. The smallest absolute Gasteiger partial charge is 0.407 e. The molecule has 22 heavy (non-hydrogen) atoms. The number of amides is 2. The van der Waals surface area contributed by atoms with E-state index in [1.165, 1.54) is 12.1 Å². The topological polar surface area (TPSA) is 114 Å². The van der Waals surface area contributed by atoms with Gasteiger partial charge >= 0.3 is 6.09 Å². The summed E-state index contributed by atoms with van der Waals surface area (Å²) < 4.78 is 29.1. The van der Waals surface area contributed by atoms with Gasteiger partial charge < -0.3 is 15.4 Å². The van der Waals surface area contributed by atoms with Gasteiger partial charge in [0.1, 0.15) is 0 Å². The molecule has 0 aliphatic heterocycles. The van der Waals surface area contributed by atoms with Crippen molar-refractivity contribution in [2.75, 3.05) is 29.4 Å². The van der Waals surface area contributed by atoms with Crippen molar-refractivity contribution in [2.45, 2.75) is 13.3 Å². The fourth-order valence-corrected chi connectivity index (χ4v) is 2.08. The monoisotopic (exact) mass is 329 g/mol. The number of hydrogen-bond donors (Lipinski definition) is 3. The van der Waals surface area contributed by atoms with E-state index in [-0.39, 0.29) is 25.5 Å². The van der Waals surface area contributed by atoms with Crippen LogP contribution in [-0.4, -0.2) is 39.8 Å². The number of carbonyl (C=O) groups excluding carboxylic acids is 2. The second kappa shape index (κ2) is 8.23. The first-order valence-corrected chi connectivity index (χ1v) is 8.47. The highest BCUT2D eigenvalue weighted by Crippen LogP contribution is 2.14. The molecule has 0 unspecified atom stereocenters. The van der Waals surface area contributed by atoms with E-state index in [2.05, 4.69) is 20.1 Å². The Morgan fingerprint density at radius 3 is 2.27 bits per heavy atom. The molecule has 9 heteroatoms. The maximum Gasteiger partial charge on any atom is 0.407 e. The van der Waals surface area contributed by atoms with Crippen molar-refractivity contribution in [3.8, 4) is 0 Å². The summed E-state index contributed by atoms with van der Waals surface area (Å²) in [6, 6.07) is 6.22. The van der Waals surface area contributed by atoms with E-state index in [0.717, 1.165) is 6.26 Å². The SMILES string of the molecule is CCOC(=O)NCCC(=O)Nc1ccc(NS(C)(=O)=O)cc1. The van der Waals surface area contributed by atoms with Gasteiger partial charge in [-0.25, -0.2) is 13.2 Å². The van der Waals surface area contributed by atoms with Crippen molar-refractivity contribution in [2.24, 2.45) is 0 Å². The third-order valence-electron chi connectivity index (χ3n) is 2.37. The van der Waals surface area contributed by atoms with E-state index in [4.69, 9.17) is 0 Å². The molecule has 8 nitrogen and oxygen atoms in total. The minimum Gasteiger partial charge on any atom is -0.450 e. The molecule has 0 fully saturated rings. The van der Waals surface area contributed by atoms with Gasteiger partial charge in [0.15, 0.2) is 0 Å². The molecule has 0 aromatic heterocycles. The van der Waals surface area contributed by atoms with Crippen LogP contribution in [0.15, 0.2) is 24.3 Å². The van der Waals surface area contributed by atoms with Gasteiger partial charge in [0, 0.05) is 24.3 Å². The second-order valence-electron chi connectivity index (χ2n) is 4.40. The van der Waals surface area contributed by atoms with Crippen LogP contribution in [0.3, 0.4) is 0 Å². The number of carbonyl (C=O) groups is 2. The largest absolute Gasteiger partial charge is 0.450 e. The van der Waals surface area contributed by atoms with E-state index in [0.29, 0.717) is 11.4 Å². The molecule has 0 aliphatic rings. The zero-order valence-electron chi connectivity index (χ0n) is 12.4. The standard InChI is InChI=1S/C13H19N3O5S/c1-3-21-13(18)14-9-8-12(17)15-10-4-6-11(7-5-10)16-22(2,19)20/h4-7,16H,3,8-9H2,1-2H3,(H,14,18)(H,15,17). The van der Waals surface area contributed by atoms with Gasteiger partial charge in [0.05, 0.1) is 12.9 Å². The van der Waals surface area contributed by atoms with Gasteiger partial charge in [-0.05, 0) is 31.2 Å². The molecule has 0 atom stereocenters. The number of anilines is 2.